The lowest BCUT2D eigenvalue weighted by molar-refractivity contribution is 0.0783. The molecule has 8 nitrogen and oxygen atoms in total. The fourth-order valence-corrected chi connectivity index (χ4v) is 5.85. The molecule has 1 unspecified atom stereocenters. The first-order valence-corrected chi connectivity index (χ1v) is 11.6. The highest BCUT2D eigenvalue weighted by atomic mass is 32.2. The number of amides is 2. The number of nitrogens with one attached hydrogen (secondary N) is 1. The smallest absolute Gasteiger partial charge is 0.356 e. The van der Waals surface area contributed by atoms with Gasteiger partial charge in [0.05, 0.1) is 6.20 Å². The number of hydrogen-bond acceptors (Lipinski definition) is 6. The van der Waals surface area contributed by atoms with Gasteiger partial charge in [0.1, 0.15) is 20.6 Å². The van der Waals surface area contributed by atoms with E-state index in [9.17, 15) is 14.1 Å². The molecule has 0 saturated heterocycles. The van der Waals surface area contributed by atoms with Crippen LogP contribution in [0, 0.1) is 0 Å². The Balaban J connectivity index is 1.62. The fraction of sp³-hybridized carbons (Fsp3) is 0.500. The van der Waals surface area contributed by atoms with Gasteiger partial charge in [-0.25, -0.2) is 24.1 Å². The molecule has 0 bridgehead atoms. The number of anilines is 1. The van der Waals surface area contributed by atoms with Gasteiger partial charge in [-0.05, 0) is 69.1 Å². The Kier molecular flexibility index (Phi) is 4.77. The molecule has 4 rings (SSSR count). The Bertz CT molecular complexity index is 1080. The van der Waals surface area contributed by atoms with Crippen LogP contribution in [0.2, 0.25) is 0 Å². The zero-order valence-corrected chi connectivity index (χ0v) is 17.5. The molecule has 0 saturated carbocycles. The van der Waals surface area contributed by atoms with Gasteiger partial charge < -0.3 is 5.11 Å². The van der Waals surface area contributed by atoms with Crippen LogP contribution in [0.1, 0.15) is 54.1 Å². The largest absolute Gasteiger partial charge is 0.383 e. The lowest BCUT2D eigenvalue weighted by Gasteiger charge is -2.13. The zero-order valence-electron chi connectivity index (χ0n) is 15.8. The van der Waals surface area contributed by atoms with Crippen LogP contribution in [-0.2, 0) is 41.2 Å². The fourth-order valence-electron chi connectivity index (χ4n) is 3.79. The van der Waals surface area contributed by atoms with Crippen molar-refractivity contribution >= 4 is 33.1 Å². The SMILES string of the molecule is CC(C)(O)c1ncc(S(N)(=O)=NC(=O)Nc2nc3c(c4c2CCC4)CCC3)s1. The summed E-state index contributed by atoms with van der Waals surface area (Å²) in [6.07, 6.45) is 7.26. The molecule has 10 heteroatoms. The number of urea groups is 1. The van der Waals surface area contributed by atoms with E-state index in [-0.39, 0.29) is 4.21 Å². The lowest BCUT2D eigenvalue weighted by atomic mass is 10.0. The van der Waals surface area contributed by atoms with Crippen molar-refractivity contribution in [3.8, 4) is 0 Å². The van der Waals surface area contributed by atoms with Crippen molar-refractivity contribution in [1.82, 2.24) is 9.97 Å². The van der Waals surface area contributed by atoms with Crippen LogP contribution in [0.4, 0.5) is 10.6 Å². The normalized spacial score (nSPS) is 17.7. The highest BCUT2D eigenvalue weighted by molar-refractivity contribution is 7.93. The Morgan fingerprint density at radius 3 is 2.64 bits per heavy atom. The minimum absolute atomic E-state index is 0.145. The molecule has 0 fully saturated rings. The molecule has 150 valence electrons. The molecule has 2 aromatic heterocycles. The van der Waals surface area contributed by atoms with Gasteiger partial charge in [-0.1, -0.05) is 0 Å². The van der Waals surface area contributed by atoms with Gasteiger partial charge in [-0.3, -0.25) is 5.32 Å². The summed E-state index contributed by atoms with van der Waals surface area (Å²) in [6, 6.07) is -0.787. The quantitative estimate of drug-likeness (QED) is 0.701. The summed E-state index contributed by atoms with van der Waals surface area (Å²) in [5.74, 6) is 0.513. The van der Waals surface area contributed by atoms with E-state index in [4.69, 9.17) is 5.14 Å². The first kappa shape index (κ1) is 19.4. The summed E-state index contributed by atoms with van der Waals surface area (Å²) in [7, 11) is -3.46. The summed E-state index contributed by atoms with van der Waals surface area (Å²) >= 11 is 0.980. The van der Waals surface area contributed by atoms with E-state index >= 15 is 0 Å². The van der Waals surface area contributed by atoms with E-state index in [0.717, 1.165) is 61.1 Å². The van der Waals surface area contributed by atoms with Gasteiger partial charge >= 0.3 is 6.03 Å². The number of aliphatic hydroxyl groups is 1. The second kappa shape index (κ2) is 6.87. The van der Waals surface area contributed by atoms with E-state index in [0.29, 0.717) is 10.8 Å². The summed E-state index contributed by atoms with van der Waals surface area (Å²) in [4.78, 5) is 21.1. The highest BCUT2D eigenvalue weighted by Crippen LogP contribution is 2.36. The van der Waals surface area contributed by atoms with E-state index in [1.54, 1.807) is 13.8 Å². The number of pyridine rings is 1. The van der Waals surface area contributed by atoms with Crippen LogP contribution in [0.5, 0.6) is 0 Å². The number of carbonyl (C=O) groups is 1. The zero-order chi connectivity index (χ0) is 20.1. The number of fused-ring (bicyclic) bond motifs is 3. The molecule has 2 heterocycles. The number of nitrogens with zero attached hydrogens (tertiary/aromatic N) is 3. The van der Waals surface area contributed by atoms with Crippen molar-refractivity contribution in [2.24, 2.45) is 9.50 Å². The second-order valence-electron chi connectivity index (χ2n) is 7.68. The van der Waals surface area contributed by atoms with Gasteiger partial charge in [0.2, 0.25) is 0 Å². The van der Waals surface area contributed by atoms with Crippen LogP contribution in [0.15, 0.2) is 14.8 Å². The maximum absolute atomic E-state index is 12.8. The molecule has 0 spiro atoms. The average Bonchev–Trinajstić information content (AvgIpc) is 3.32. The topological polar surface area (TPSA) is 131 Å². The lowest BCUT2D eigenvalue weighted by Crippen LogP contribution is -2.18. The van der Waals surface area contributed by atoms with Crippen molar-refractivity contribution in [3.05, 3.63) is 33.6 Å². The number of carbonyl (C=O) groups excluding carboxylic acids is 1. The number of aryl methyl sites for hydroxylation is 1. The number of nitrogens with two attached hydrogens (primary N) is 1. The van der Waals surface area contributed by atoms with Crippen LogP contribution in [0.3, 0.4) is 0 Å². The molecular weight excluding hydrogens is 398 g/mol. The summed E-state index contributed by atoms with van der Waals surface area (Å²) < 4.78 is 16.6. The molecule has 2 amide bonds. The van der Waals surface area contributed by atoms with Gasteiger partial charge in [-0.15, -0.1) is 15.7 Å². The average molecular weight is 422 g/mol. The Morgan fingerprint density at radius 2 is 1.93 bits per heavy atom. The summed E-state index contributed by atoms with van der Waals surface area (Å²) in [5.41, 5.74) is 3.57. The molecule has 2 aliphatic carbocycles. The molecule has 0 aliphatic heterocycles. The maximum atomic E-state index is 12.8. The Labute approximate surface area is 167 Å². The molecule has 2 aromatic rings. The first-order chi connectivity index (χ1) is 13.1. The van der Waals surface area contributed by atoms with Gasteiger partial charge in [-0.2, -0.15) is 0 Å². The van der Waals surface area contributed by atoms with Gasteiger partial charge in [0.15, 0.2) is 9.92 Å². The molecule has 4 N–H and O–H groups in total. The molecule has 0 radical (unpaired) electrons. The highest BCUT2D eigenvalue weighted by Gasteiger charge is 2.27. The summed E-state index contributed by atoms with van der Waals surface area (Å²) in [5, 5.41) is 18.9. The molecule has 0 aromatic carbocycles. The summed E-state index contributed by atoms with van der Waals surface area (Å²) in [6.45, 7) is 3.13. The van der Waals surface area contributed by atoms with Crippen molar-refractivity contribution < 1.29 is 14.1 Å². The van der Waals surface area contributed by atoms with Gasteiger partial charge in [0.25, 0.3) is 0 Å². The minimum Gasteiger partial charge on any atom is -0.383 e. The third kappa shape index (κ3) is 3.57. The Hall–Kier alpha value is -1.88. The van der Waals surface area contributed by atoms with E-state index in [1.165, 1.54) is 17.3 Å². The van der Waals surface area contributed by atoms with Crippen molar-refractivity contribution in [2.75, 3.05) is 5.32 Å². The van der Waals surface area contributed by atoms with E-state index in [1.807, 2.05) is 0 Å². The molecule has 28 heavy (non-hydrogen) atoms. The molecule has 1 atom stereocenters. The van der Waals surface area contributed by atoms with Crippen LogP contribution in [0.25, 0.3) is 0 Å². The predicted octanol–water partition coefficient (Wildman–Crippen LogP) is 2.68. The third-order valence-corrected chi connectivity index (χ3v) is 8.23. The second-order valence-corrected chi connectivity index (χ2v) is 10.7. The van der Waals surface area contributed by atoms with Crippen molar-refractivity contribution in [2.45, 2.75) is 62.2 Å². The van der Waals surface area contributed by atoms with Crippen LogP contribution >= 0.6 is 11.3 Å². The molecular formula is C18H23N5O3S2. The van der Waals surface area contributed by atoms with Crippen molar-refractivity contribution in [1.29, 1.82) is 0 Å². The molecule has 2 aliphatic rings. The minimum atomic E-state index is -3.46. The standard InChI is InChI=1S/C18H23N5O3S2/c1-18(2,25)16-20-9-14(27-16)28(19,26)23-17(24)22-15-12-7-3-5-10(12)11-6-4-8-13(11)21-15/h9,25H,3-8H2,1-2H3,(H3,19,21,22,23,24,26). The third-order valence-electron chi connectivity index (χ3n) is 5.04. The van der Waals surface area contributed by atoms with E-state index < -0.39 is 21.5 Å². The predicted molar refractivity (Wildman–Crippen MR) is 108 cm³/mol. The first-order valence-electron chi connectivity index (χ1n) is 9.23. The monoisotopic (exact) mass is 421 g/mol. The number of thiazole rings is 1. The van der Waals surface area contributed by atoms with Gasteiger partial charge in [0, 0.05) is 5.69 Å². The number of rotatable bonds is 3. The van der Waals surface area contributed by atoms with E-state index in [2.05, 4.69) is 19.6 Å². The van der Waals surface area contributed by atoms with Crippen molar-refractivity contribution in [3.63, 3.8) is 0 Å². The van der Waals surface area contributed by atoms with Crippen LogP contribution < -0.4 is 10.5 Å². The number of aromatic nitrogens is 2. The Morgan fingerprint density at radius 1 is 1.25 bits per heavy atom. The van der Waals surface area contributed by atoms with Crippen LogP contribution in [-0.4, -0.2) is 25.3 Å². The maximum Gasteiger partial charge on any atom is 0.356 e. The number of hydrogen-bond donors (Lipinski definition) is 3.